The average molecular weight is 349 g/mol. The molecule has 1 aliphatic rings. The van der Waals surface area contributed by atoms with Crippen molar-refractivity contribution < 1.29 is 17.7 Å². The van der Waals surface area contributed by atoms with Crippen LogP contribution < -0.4 is 9.62 Å². The first-order chi connectivity index (χ1) is 11.4. The highest BCUT2D eigenvalue weighted by Gasteiger charge is 2.27. The number of hydrogen-bond acceptors (Lipinski definition) is 5. The van der Waals surface area contributed by atoms with E-state index in [0.29, 0.717) is 35.8 Å². The maximum absolute atomic E-state index is 12.3. The molecule has 1 amide bonds. The van der Waals surface area contributed by atoms with E-state index in [-0.39, 0.29) is 11.7 Å². The third-order valence-electron chi connectivity index (χ3n) is 3.95. The minimum absolute atomic E-state index is 0.167. The summed E-state index contributed by atoms with van der Waals surface area (Å²) in [4.78, 5) is 12.3. The third-order valence-corrected chi connectivity index (χ3v) is 5.80. The molecular weight excluding hydrogens is 330 g/mol. The summed E-state index contributed by atoms with van der Waals surface area (Å²) in [7, 11) is -3.27. The topological polar surface area (TPSA) is 92.5 Å². The van der Waals surface area contributed by atoms with Crippen LogP contribution in [0.5, 0.6) is 0 Å². The van der Waals surface area contributed by atoms with Crippen molar-refractivity contribution in [2.75, 3.05) is 21.9 Å². The Kier molecular flexibility index (Phi) is 4.31. The first-order valence-corrected chi connectivity index (χ1v) is 9.33. The van der Waals surface area contributed by atoms with E-state index in [2.05, 4.69) is 10.5 Å². The number of rotatable bonds is 3. The second kappa shape index (κ2) is 6.27. The molecule has 0 unspecified atom stereocenters. The van der Waals surface area contributed by atoms with Crippen LogP contribution >= 0.6 is 0 Å². The number of carbonyl (C=O) groups excluding carboxylic acids is 1. The molecule has 0 atom stereocenters. The number of aromatic nitrogens is 1. The number of nitrogens with one attached hydrogen (secondary N) is 1. The van der Waals surface area contributed by atoms with E-state index in [1.165, 1.54) is 4.31 Å². The number of hydrogen-bond donors (Lipinski definition) is 1. The summed E-state index contributed by atoms with van der Waals surface area (Å²) in [6.45, 7) is 4.02. The molecular formula is C16H19N3O4S. The Morgan fingerprint density at radius 1 is 1.25 bits per heavy atom. The van der Waals surface area contributed by atoms with Crippen molar-refractivity contribution in [2.24, 2.45) is 0 Å². The molecule has 128 valence electrons. The van der Waals surface area contributed by atoms with Gasteiger partial charge in [-0.1, -0.05) is 5.16 Å². The molecule has 1 N–H and O–H groups in total. The predicted octanol–water partition coefficient (Wildman–Crippen LogP) is 2.47. The Bertz CT molecular complexity index is 873. The number of benzene rings is 1. The fourth-order valence-electron chi connectivity index (χ4n) is 2.75. The van der Waals surface area contributed by atoms with E-state index in [4.69, 9.17) is 4.52 Å². The highest BCUT2D eigenvalue weighted by atomic mass is 32.2. The van der Waals surface area contributed by atoms with E-state index < -0.39 is 10.0 Å². The highest BCUT2D eigenvalue weighted by Crippen LogP contribution is 2.27. The molecule has 0 saturated carbocycles. The van der Waals surface area contributed by atoms with Gasteiger partial charge in [0.05, 0.1) is 11.4 Å². The predicted molar refractivity (Wildman–Crippen MR) is 90.7 cm³/mol. The molecule has 7 nitrogen and oxygen atoms in total. The lowest BCUT2D eigenvalue weighted by Gasteiger charge is -2.29. The van der Waals surface area contributed by atoms with Crippen LogP contribution in [-0.4, -0.2) is 31.8 Å². The number of carbonyl (C=O) groups is 1. The molecule has 2 heterocycles. The van der Waals surface area contributed by atoms with Gasteiger partial charge in [-0.2, -0.15) is 0 Å². The zero-order chi connectivity index (χ0) is 17.3. The van der Waals surface area contributed by atoms with Crippen molar-refractivity contribution in [3.05, 3.63) is 41.2 Å². The Morgan fingerprint density at radius 3 is 2.67 bits per heavy atom. The SMILES string of the molecule is Cc1cc(NC(=O)c2ccc(N3CCCCS3(=O)=O)c(C)c2)no1. The summed E-state index contributed by atoms with van der Waals surface area (Å²) >= 11 is 0. The van der Waals surface area contributed by atoms with Crippen molar-refractivity contribution >= 4 is 27.4 Å². The summed E-state index contributed by atoms with van der Waals surface area (Å²) in [5.74, 6) is 0.796. The van der Waals surface area contributed by atoms with Crippen molar-refractivity contribution in [1.82, 2.24) is 5.16 Å². The molecule has 8 heteroatoms. The third kappa shape index (κ3) is 3.28. The molecule has 2 aromatic rings. The van der Waals surface area contributed by atoms with Gasteiger partial charge in [-0.3, -0.25) is 9.10 Å². The first kappa shape index (κ1) is 16.5. The highest BCUT2D eigenvalue weighted by molar-refractivity contribution is 7.92. The largest absolute Gasteiger partial charge is 0.360 e. The lowest BCUT2D eigenvalue weighted by atomic mass is 10.1. The van der Waals surface area contributed by atoms with E-state index in [9.17, 15) is 13.2 Å². The minimum Gasteiger partial charge on any atom is -0.360 e. The van der Waals surface area contributed by atoms with Crippen molar-refractivity contribution in [3.8, 4) is 0 Å². The number of nitrogens with zero attached hydrogens (tertiary/aromatic N) is 2. The molecule has 1 aliphatic heterocycles. The van der Waals surface area contributed by atoms with Gasteiger partial charge in [-0.15, -0.1) is 0 Å². The average Bonchev–Trinajstić information content (AvgIpc) is 2.92. The second-order valence-corrected chi connectivity index (χ2v) is 7.89. The number of anilines is 2. The van der Waals surface area contributed by atoms with Gasteiger partial charge >= 0.3 is 0 Å². The molecule has 1 saturated heterocycles. The van der Waals surface area contributed by atoms with Crippen molar-refractivity contribution in [3.63, 3.8) is 0 Å². The van der Waals surface area contributed by atoms with Gasteiger partial charge in [0.1, 0.15) is 5.76 Å². The van der Waals surface area contributed by atoms with Crippen LogP contribution in [0, 0.1) is 13.8 Å². The fourth-order valence-corrected chi connectivity index (χ4v) is 4.45. The molecule has 1 aromatic carbocycles. The molecule has 0 bridgehead atoms. The second-order valence-electron chi connectivity index (χ2n) is 5.87. The monoisotopic (exact) mass is 349 g/mol. The lowest BCUT2D eigenvalue weighted by Crippen LogP contribution is -2.38. The summed E-state index contributed by atoms with van der Waals surface area (Å²) in [5.41, 5.74) is 1.80. The Morgan fingerprint density at radius 2 is 2.04 bits per heavy atom. The van der Waals surface area contributed by atoms with Crippen molar-refractivity contribution in [1.29, 1.82) is 0 Å². The van der Waals surface area contributed by atoms with Crippen LogP contribution in [0.1, 0.15) is 34.5 Å². The van der Waals surface area contributed by atoms with Gasteiger partial charge in [0, 0.05) is 18.2 Å². The standard InChI is InChI=1S/C16H19N3O4S/c1-11-9-13(16(20)17-15-10-12(2)23-18-15)5-6-14(11)19-7-3-4-8-24(19,21)22/h5-6,9-10H,3-4,7-8H2,1-2H3,(H,17,18,20). The molecule has 0 aliphatic carbocycles. The van der Waals surface area contributed by atoms with Crippen LogP contribution in [0.15, 0.2) is 28.8 Å². The molecule has 3 rings (SSSR count). The van der Waals surface area contributed by atoms with Gasteiger partial charge in [-0.25, -0.2) is 8.42 Å². The van der Waals surface area contributed by atoms with E-state index in [1.807, 2.05) is 0 Å². The summed E-state index contributed by atoms with van der Waals surface area (Å²) in [5, 5.41) is 6.37. The number of aryl methyl sites for hydroxylation is 2. The van der Waals surface area contributed by atoms with Crippen LogP contribution in [0.3, 0.4) is 0 Å². The van der Waals surface area contributed by atoms with Crippen LogP contribution in [0.4, 0.5) is 11.5 Å². The van der Waals surface area contributed by atoms with Crippen LogP contribution in [0.2, 0.25) is 0 Å². The zero-order valence-corrected chi connectivity index (χ0v) is 14.4. The number of sulfonamides is 1. The van der Waals surface area contributed by atoms with Gasteiger partial charge in [0.2, 0.25) is 10.0 Å². The van der Waals surface area contributed by atoms with Gasteiger partial charge < -0.3 is 9.84 Å². The smallest absolute Gasteiger partial charge is 0.256 e. The Labute approximate surface area is 140 Å². The molecule has 1 fully saturated rings. The maximum Gasteiger partial charge on any atom is 0.256 e. The molecule has 0 radical (unpaired) electrons. The first-order valence-electron chi connectivity index (χ1n) is 7.72. The van der Waals surface area contributed by atoms with Gasteiger partial charge in [0.15, 0.2) is 5.82 Å². The summed E-state index contributed by atoms with van der Waals surface area (Å²) < 4.78 is 30.8. The van der Waals surface area contributed by atoms with Gasteiger partial charge in [0.25, 0.3) is 5.91 Å². The maximum atomic E-state index is 12.3. The molecule has 1 aromatic heterocycles. The molecule has 24 heavy (non-hydrogen) atoms. The minimum atomic E-state index is -3.27. The Balaban J connectivity index is 1.83. The van der Waals surface area contributed by atoms with Gasteiger partial charge in [-0.05, 0) is 50.5 Å². The molecule has 0 spiro atoms. The summed E-state index contributed by atoms with van der Waals surface area (Å²) in [6, 6.07) is 6.61. The Hall–Kier alpha value is -2.35. The zero-order valence-electron chi connectivity index (χ0n) is 13.6. The van der Waals surface area contributed by atoms with E-state index >= 15 is 0 Å². The lowest BCUT2D eigenvalue weighted by molar-refractivity contribution is 0.102. The normalized spacial score (nSPS) is 16.8. The van der Waals surface area contributed by atoms with Crippen molar-refractivity contribution in [2.45, 2.75) is 26.7 Å². The summed E-state index contributed by atoms with van der Waals surface area (Å²) in [6.07, 6.45) is 1.53. The van der Waals surface area contributed by atoms with E-state index in [0.717, 1.165) is 12.0 Å². The number of amides is 1. The fraction of sp³-hybridized carbons (Fsp3) is 0.375. The van der Waals surface area contributed by atoms with Crippen LogP contribution in [-0.2, 0) is 10.0 Å². The quantitative estimate of drug-likeness (QED) is 0.919. The van der Waals surface area contributed by atoms with Crippen LogP contribution in [0.25, 0.3) is 0 Å². The van der Waals surface area contributed by atoms with E-state index in [1.54, 1.807) is 38.1 Å².